The summed E-state index contributed by atoms with van der Waals surface area (Å²) in [5.41, 5.74) is 2.63. The van der Waals surface area contributed by atoms with E-state index in [0.717, 1.165) is 17.5 Å². The Balaban J connectivity index is 1.44. The van der Waals surface area contributed by atoms with Crippen LogP contribution in [-0.4, -0.2) is 27.7 Å². The number of hydrogen-bond acceptors (Lipinski definition) is 3. The van der Waals surface area contributed by atoms with E-state index in [0.29, 0.717) is 17.6 Å². The summed E-state index contributed by atoms with van der Waals surface area (Å²) in [5.74, 6) is -0.554. The molecule has 0 aliphatic heterocycles. The van der Waals surface area contributed by atoms with Crippen molar-refractivity contribution in [3.8, 4) is 0 Å². The first-order chi connectivity index (χ1) is 14.6. The van der Waals surface area contributed by atoms with Crippen molar-refractivity contribution in [3.63, 3.8) is 0 Å². The average molecular weight is 424 g/mol. The van der Waals surface area contributed by atoms with Crippen LogP contribution in [0.4, 0.5) is 4.39 Å². The first kappa shape index (κ1) is 20.2. The monoisotopic (exact) mass is 423 g/mol. The fourth-order valence-electron chi connectivity index (χ4n) is 3.59. The lowest BCUT2D eigenvalue weighted by Crippen LogP contribution is -2.29. The van der Waals surface area contributed by atoms with Crippen LogP contribution in [0.25, 0.3) is 16.6 Å². The SMILES string of the molecule is CSc1ccc(CCNC(=O)CCn2c(=O)c3cccn3c3ccc(F)cc32)cc1. The second-order valence-corrected chi connectivity index (χ2v) is 7.93. The topological polar surface area (TPSA) is 55.5 Å². The molecule has 0 saturated carbocycles. The van der Waals surface area contributed by atoms with E-state index < -0.39 is 5.82 Å². The number of aryl methyl sites for hydroxylation is 1. The summed E-state index contributed by atoms with van der Waals surface area (Å²) in [6.45, 7) is 0.716. The zero-order chi connectivity index (χ0) is 21.1. The van der Waals surface area contributed by atoms with Crippen LogP contribution < -0.4 is 10.9 Å². The number of benzene rings is 2. The van der Waals surface area contributed by atoms with Crippen molar-refractivity contribution in [3.05, 3.63) is 82.5 Å². The second-order valence-electron chi connectivity index (χ2n) is 7.05. The smallest absolute Gasteiger partial charge is 0.275 e. The number of carbonyl (C=O) groups is 1. The van der Waals surface area contributed by atoms with Crippen LogP contribution in [-0.2, 0) is 17.8 Å². The Morgan fingerprint density at radius 1 is 1.07 bits per heavy atom. The molecule has 1 amide bonds. The lowest BCUT2D eigenvalue weighted by Gasteiger charge is -2.13. The molecule has 30 heavy (non-hydrogen) atoms. The summed E-state index contributed by atoms with van der Waals surface area (Å²) in [7, 11) is 0. The lowest BCUT2D eigenvalue weighted by atomic mass is 10.1. The third-order valence-corrected chi connectivity index (χ3v) is 5.90. The minimum absolute atomic E-state index is 0.137. The fraction of sp³-hybridized carbons (Fsp3) is 0.217. The average Bonchev–Trinajstić information content (AvgIpc) is 3.24. The van der Waals surface area contributed by atoms with Crippen LogP contribution >= 0.6 is 11.8 Å². The lowest BCUT2D eigenvalue weighted by molar-refractivity contribution is -0.121. The highest BCUT2D eigenvalue weighted by atomic mass is 32.2. The zero-order valence-electron chi connectivity index (χ0n) is 16.6. The van der Waals surface area contributed by atoms with Gasteiger partial charge < -0.3 is 14.3 Å². The number of amides is 1. The van der Waals surface area contributed by atoms with E-state index in [-0.39, 0.29) is 24.4 Å². The first-order valence-corrected chi connectivity index (χ1v) is 11.0. The van der Waals surface area contributed by atoms with Crippen LogP contribution in [0.15, 0.2) is 70.5 Å². The predicted molar refractivity (Wildman–Crippen MR) is 119 cm³/mol. The molecule has 4 rings (SSSR count). The van der Waals surface area contributed by atoms with Crippen LogP contribution in [0, 0.1) is 5.82 Å². The molecule has 5 nitrogen and oxygen atoms in total. The van der Waals surface area contributed by atoms with Crippen molar-refractivity contribution in [2.75, 3.05) is 12.8 Å². The second kappa shape index (κ2) is 8.75. The third kappa shape index (κ3) is 4.11. The summed E-state index contributed by atoms with van der Waals surface area (Å²) < 4.78 is 17.1. The van der Waals surface area contributed by atoms with Gasteiger partial charge in [-0.2, -0.15) is 0 Å². The van der Waals surface area contributed by atoms with Crippen molar-refractivity contribution in [2.24, 2.45) is 0 Å². The first-order valence-electron chi connectivity index (χ1n) is 9.75. The van der Waals surface area contributed by atoms with Crippen molar-refractivity contribution in [1.29, 1.82) is 0 Å². The van der Waals surface area contributed by atoms with Crippen LogP contribution in [0.1, 0.15) is 12.0 Å². The van der Waals surface area contributed by atoms with E-state index >= 15 is 0 Å². The van der Waals surface area contributed by atoms with Crippen molar-refractivity contribution in [1.82, 2.24) is 14.3 Å². The predicted octanol–water partition coefficient (Wildman–Crippen LogP) is 3.86. The van der Waals surface area contributed by atoms with Gasteiger partial charge in [-0.25, -0.2) is 4.39 Å². The van der Waals surface area contributed by atoms with Crippen molar-refractivity contribution in [2.45, 2.75) is 24.3 Å². The highest BCUT2D eigenvalue weighted by Crippen LogP contribution is 2.17. The maximum absolute atomic E-state index is 13.8. The summed E-state index contributed by atoms with van der Waals surface area (Å²) in [5, 5.41) is 2.90. The van der Waals surface area contributed by atoms with E-state index in [4.69, 9.17) is 0 Å². The molecule has 2 aromatic heterocycles. The maximum atomic E-state index is 13.8. The Kier molecular flexibility index (Phi) is 5.90. The van der Waals surface area contributed by atoms with E-state index in [1.54, 1.807) is 40.6 Å². The van der Waals surface area contributed by atoms with Gasteiger partial charge in [-0.3, -0.25) is 9.59 Å². The van der Waals surface area contributed by atoms with Gasteiger partial charge in [0.15, 0.2) is 0 Å². The Morgan fingerprint density at radius 3 is 2.63 bits per heavy atom. The molecule has 0 atom stereocenters. The molecule has 0 aliphatic rings. The highest BCUT2D eigenvalue weighted by Gasteiger charge is 2.12. The largest absolute Gasteiger partial charge is 0.356 e. The van der Waals surface area contributed by atoms with Gasteiger partial charge in [0.2, 0.25) is 5.91 Å². The normalized spacial score (nSPS) is 11.3. The molecule has 0 saturated heterocycles. The Bertz CT molecular complexity index is 1260. The van der Waals surface area contributed by atoms with E-state index in [1.165, 1.54) is 21.6 Å². The number of thioether (sulfide) groups is 1. The van der Waals surface area contributed by atoms with E-state index in [9.17, 15) is 14.0 Å². The van der Waals surface area contributed by atoms with Gasteiger partial charge in [-0.1, -0.05) is 12.1 Å². The number of rotatable bonds is 7. The summed E-state index contributed by atoms with van der Waals surface area (Å²) in [6, 6.07) is 16.1. The molecule has 0 aliphatic carbocycles. The molecular weight excluding hydrogens is 401 g/mol. The molecule has 0 bridgehead atoms. The fourth-order valence-corrected chi connectivity index (χ4v) is 4.00. The molecule has 2 aromatic carbocycles. The molecule has 0 fully saturated rings. The highest BCUT2D eigenvalue weighted by molar-refractivity contribution is 7.98. The van der Waals surface area contributed by atoms with Gasteiger partial charge in [0, 0.05) is 30.6 Å². The number of hydrogen-bond donors (Lipinski definition) is 1. The standard InChI is InChI=1S/C23H22FN3O2S/c1-30-18-7-4-16(5-8-18)10-12-25-22(28)11-14-27-21-15-17(24)6-9-19(21)26-13-2-3-20(26)23(27)29/h2-9,13,15H,10-12,14H2,1H3,(H,25,28). The molecule has 4 aromatic rings. The maximum Gasteiger partial charge on any atom is 0.275 e. The Labute approximate surface area is 177 Å². The van der Waals surface area contributed by atoms with E-state index in [1.807, 2.05) is 6.26 Å². The Morgan fingerprint density at radius 2 is 1.87 bits per heavy atom. The molecule has 154 valence electrons. The van der Waals surface area contributed by atoms with Crippen LogP contribution in [0.3, 0.4) is 0 Å². The summed E-state index contributed by atoms with van der Waals surface area (Å²) in [6.07, 6.45) is 4.70. The summed E-state index contributed by atoms with van der Waals surface area (Å²) in [4.78, 5) is 26.4. The van der Waals surface area contributed by atoms with Gasteiger partial charge in [0.25, 0.3) is 5.56 Å². The number of nitrogens with zero attached hydrogens (tertiary/aromatic N) is 2. The van der Waals surface area contributed by atoms with E-state index in [2.05, 4.69) is 29.6 Å². The van der Waals surface area contributed by atoms with Crippen LogP contribution in [0.5, 0.6) is 0 Å². The number of halogens is 1. The molecular formula is C23H22FN3O2S. The van der Waals surface area contributed by atoms with Crippen LogP contribution in [0.2, 0.25) is 0 Å². The quantitative estimate of drug-likeness (QED) is 0.459. The van der Waals surface area contributed by atoms with Gasteiger partial charge in [0.05, 0.1) is 11.0 Å². The third-order valence-electron chi connectivity index (χ3n) is 5.16. The zero-order valence-corrected chi connectivity index (χ0v) is 17.4. The van der Waals surface area contributed by atoms with Gasteiger partial charge in [-0.15, -0.1) is 11.8 Å². The number of carbonyl (C=O) groups excluding carboxylic acids is 1. The minimum atomic E-state index is -0.418. The molecule has 7 heteroatoms. The van der Waals surface area contributed by atoms with Gasteiger partial charge in [-0.05, 0) is 60.7 Å². The molecule has 2 heterocycles. The number of fused-ring (bicyclic) bond motifs is 3. The van der Waals surface area contributed by atoms with Crippen molar-refractivity contribution < 1.29 is 9.18 Å². The molecule has 0 spiro atoms. The summed E-state index contributed by atoms with van der Waals surface area (Å²) >= 11 is 1.69. The molecule has 0 radical (unpaired) electrons. The number of nitrogens with one attached hydrogen (secondary N) is 1. The molecule has 1 N–H and O–H groups in total. The minimum Gasteiger partial charge on any atom is -0.356 e. The van der Waals surface area contributed by atoms with Gasteiger partial charge in [0.1, 0.15) is 11.3 Å². The molecule has 0 unspecified atom stereocenters. The van der Waals surface area contributed by atoms with Gasteiger partial charge >= 0.3 is 0 Å². The Hall–Kier alpha value is -3.06. The van der Waals surface area contributed by atoms with Crippen molar-refractivity contribution >= 4 is 34.2 Å². The number of aromatic nitrogens is 2.